The fraction of sp³-hybridized carbons (Fsp3) is 0.604. The van der Waals surface area contributed by atoms with Gasteiger partial charge in [-0.1, -0.05) is 79.6 Å². The molecule has 28 nitrogen and oxygen atoms in total. The van der Waals surface area contributed by atoms with Gasteiger partial charge in [-0.05, 0) is 44.2 Å². The summed E-state index contributed by atoms with van der Waals surface area (Å²) in [5, 5.41) is 47.7. The van der Waals surface area contributed by atoms with Crippen LogP contribution in [0.2, 0.25) is 0 Å². The molecular formula is C48H74N12O16S2. The van der Waals surface area contributed by atoms with Crippen LogP contribution in [-0.4, -0.2) is 191 Å². The maximum Gasteiger partial charge on any atom is 0.305 e. The molecule has 4 unspecified atom stereocenters. The van der Waals surface area contributed by atoms with Gasteiger partial charge in [-0.25, -0.2) is 5.43 Å². The summed E-state index contributed by atoms with van der Waals surface area (Å²) in [5.41, 5.74) is 11.1. The van der Waals surface area contributed by atoms with Crippen molar-refractivity contribution in [2.45, 2.75) is 121 Å². The third-order valence-corrected chi connectivity index (χ3v) is 14.6. The standard InChI is InChI=1S/C48H74N12O16S2/c1-6-28(24-77-78-25-33(50-5)35(62)7-2)43(71)59-58-29(15-16-39(66)67)44(72)53-21-37(64)54-31(19-40(68)69)46(74)56-32(23-61)45(73)52-20-36(63)51-22-38(65)60-17-11-14-34(60)48(76)55-30(18-27-12-9-8-10-13-27)47(75)57-41(26(3)4)42(49)70/h8-10,12-13,26,28-34,41,50,58,61H,6-7,11,14-25H2,1-5H3,(H2,49,70)(H,51,63)(H,52,73)(H,53,72)(H,54,64)(H,55,76)(H,56,74)(H,57,75)(H,59,71)(H,66,67)(H,68,69)/t28?,29?,30-,31?,32-,33?,34-,41-/m0/s1. The number of hydrogen-bond acceptors (Lipinski definition) is 18. The van der Waals surface area contributed by atoms with Crippen LogP contribution in [0.15, 0.2) is 30.3 Å². The Bertz CT molecular complexity index is 2260. The van der Waals surface area contributed by atoms with Crippen LogP contribution in [-0.2, 0) is 68.7 Å². The van der Waals surface area contributed by atoms with Gasteiger partial charge in [0.1, 0.15) is 42.0 Å². The Morgan fingerprint density at radius 1 is 0.705 bits per heavy atom. The number of primary amides is 1. The SMILES string of the molecule is CCC(=O)C(CSSCC(CC)C(=O)NNC(CCC(=O)O)C(=O)NCC(=O)NC(CC(=O)O)C(=O)N[C@@H](CO)C(=O)NCC(=O)NCC(=O)N1CCC[C@H]1C(=O)N[C@@H](Cc1ccccc1)C(=O)N[C@H](C(N)=O)C(C)C)NC. The van der Waals surface area contributed by atoms with Gasteiger partial charge in [0, 0.05) is 43.2 Å². The second-order valence-corrected chi connectivity index (χ2v) is 20.8. The van der Waals surface area contributed by atoms with E-state index in [-0.39, 0.29) is 43.6 Å². The number of Topliss-reactive ketones (excluding diaryl/α,β-unsaturated/α-hetero) is 1. The van der Waals surface area contributed by atoms with Crippen LogP contribution < -0.4 is 59.1 Å². The van der Waals surface area contributed by atoms with E-state index < -0.39 is 152 Å². The molecular weight excluding hydrogens is 1060 g/mol. The second-order valence-electron chi connectivity index (χ2n) is 18.3. The molecule has 15 N–H and O–H groups in total. The number of nitrogens with zero attached hydrogens (tertiary/aromatic N) is 1. The Hall–Kier alpha value is -6.89. The first-order chi connectivity index (χ1) is 37.0. The molecule has 0 radical (unpaired) electrons. The highest BCUT2D eigenvalue weighted by atomic mass is 33.1. The number of benzene rings is 1. The number of nitrogens with one attached hydrogen (secondary N) is 10. The molecule has 0 saturated carbocycles. The number of carboxylic acid groups (broad SMARTS) is 2. The van der Waals surface area contributed by atoms with E-state index in [1.54, 1.807) is 65.1 Å². The van der Waals surface area contributed by atoms with Crippen molar-refractivity contribution >= 4 is 98.4 Å². The fourth-order valence-electron chi connectivity index (χ4n) is 7.51. The highest BCUT2D eigenvalue weighted by Gasteiger charge is 2.37. The molecule has 30 heteroatoms. The molecule has 0 aromatic heterocycles. The van der Waals surface area contributed by atoms with E-state index in [4.69, 9.17) is 5.73 Å². The minimum Gasteiger partial charge on any atom is -0.481 e. The first kappa shape index (κ1) is 67.2. The third kappa shape index (κ3) is 24.2. The molecule has 0 bridgehead atoms. The number of ketones is 1. The van der Waals surface area contributed by atoms with Crippen LogP contribution in [0.25, 0.3) is 0 Å². The zero-order valence-electron chi connectivity index (χ0n) is 44.2. The molecule has 0 spiro atoms. The van der Waals surface area contributed by atoms with Crippen LogP contribution in [0.4, 0.5) is 0 Å². The van der Waals surface area contributed by atoms with Crippen molar-refractivity contribution in [2.24, 2.45) is 17.6 Å². The maximum absolute atomic E-state index is 13.6. The molecule has 1 aliphatic heterocycles. The van der Waals surface area contributed by atoms with Crippen LogP contribution >= 0.6 is 21.6 Å². The lowest BCUT2D eigenvalue weighted by atomic mass is 10.0. The molecule has 0 aliphatic carbocycles. The number of aliphatic carboxylic acids is 2. The fourth-order valence-corrected chi connectivity index (χ4v) is 10.2. The van der Waals surface area contributed by atoms with Crippen molar-refractivity contribution in [1.82, 2.24) is 58.3 Å². The zero-order chi connectivity index (χ0) is 58.5. The average molecular weight is 1140 g/mol. The van der Waals surface area contributed by atoms with Gasteiger partial charge in [0.25, 0.3) is 0 Å². The molecule has 78 heavy (non-hydrogen) atoms. The summed E-state index contributed by atoms with van der Waals surface area (Å²) < 4.78 is 0. The summed E-state index contributed by atoms with van der Waals surface area (Å²) in [6, 6.07) is 0.112. The predicted molar refractivity (Wildman–Crippen MR) is 284 cm³/mol. The third-order valence-electron chi connectivity index (χ3n) is 12.1. The van der Waals surface area contributed by atoms with Crippen LogP contribution in [0.3, 0.4) is 0 Å². The van der Waals surface area contributed by atoms with Gasteiger partial charge in [-0.3, -0.25) is 67.8 Å². The van der Waals surface area contributed by atoms with Gasteiger partial charge in [-0.15, -0.1) is 0 Å². The van der Waals surface area contributed by atoms with Gasteiger partial charge in [0.2, 0.25) is 59.1 Å². The number of carbonyl (C=O) groups is 13. The predicted octanol–water partition coefficient (Wildman–Crippen LogP) is -4.05. The van der Waals surface area contributed by atoms with Gasteiger partial charge >= 0.3 is 11.9 Å². The zero-order valence-corrected chi connectivity index (χ0v) is 45.8. The molecule has 1 fully saturated rings. The van der Waals surface area contributed by atoms with Gasteiger partial charge < -0.3 is 68.5 Å². The van der Waals surface area contributed by atoms with E-state index in [9.17, 15) is 77.6 Å². The van der Waals surface area contributed by atoms with Crippen LogP contribution in [0, 0.1) is 11.8 Å². The van der Waals surface area contributed by atoms with Crippen LogP contribution in [0.5, 0.6) is 0 Å². The highest BCUT2D eigenvalue weighted by Crippen LogP contribution is 2.26. The van der Waals surface area contributed by atoms with Crippen molar-refractivity contribution < 1.29 is 77.6 Å². The number of hydrazine groups is 1. The number of likely N-dealkylation sites (N-methyl/N-ethyl adjacent to an activating group) is 1. The quantitative estimate of drug-likeness (QED) is 0.0171. The van der Waals surface area contributed by atoms with Gasteiger partial charge in [0.05, 0.1) is 38.7 Å². The molecule has 434 valence electrons. The van der Waals surface area contributed by atoms with E-state index in [0.717, 1.165) is 0 Å². The summed E-state index contributed by atoms with van der Waals surface area (Å²) >= 11 is 0. The molecule has 1 aromatic carbocycles. The Morgan fingerprint density at radius 2 is 1.33 bits per heavy atom. The van der Waals surface area contributed by atoms with Crippen molar-refractivity contribution in [3.05, 3.63) is 35.9 Å². The monoisotopic (exact) mass is 1140 g/mol. The number of likely N-dealkylation sites (tertiary alicyclic amines) is 1. The number of carboxylic acids is 2. The molecule has 1 heterocycles. The largest absolute Gasteiger partial charge is 0.481 e. The number of nitrogens with two attached hydrogens (primary N) is 1. The molecule has 1 aromatic rings. The Balaban J connectivity index is 1.96. The van der Waals surface area contributed by atoms with E-state index in [2.05, 4.69) is 53.4 Å². The molecule has 10 amide bonds. The van der Waals surface area contributed by atoms with E-state index in [1.165, 1.54) is 26.5 Å². The smallest absolute Gasteiger partial charge is 0.305 e. The number of aliphatic hydroxyl groups is 1. The number of carbonyl (C=O) groups excluding carboxylic acids is 11. The molecule has 8 atom stereocenters. The Labute approximate surface area is 458 Å². The minimum atomic E-state index is -1.89. The first-order valence-electron chi connectivity index (χ1n) is 25.2. The Kier molecular flexibility index (Phi) is 30.6. The summed E-state index contributed by atoms with van der Waals surface area (Å²) in [6.45, 7) is 3.65. The van der Waals surface area contributed by atoms with Crippen molar-refractivity contribution in [3.63, 3.8) is 0 Å². The summed E-state index contributed by atoms with van der Waals surface area (Å²) in [7, 11) is 4.44. The second kappa shape index (κ2) is 35.5. The van der Waals surface area contributed by atoms with E-state index in [0.29, 0.717) is 36.3 Å². The average Bonchev–Trinajstić information content (AvgIpc) is 3.90. The van der Waals surface area contributed by atoms with Crippen molar-refractivity contribution in [3.8, 4) is 0 Å². The molecule has 2 rings (SSSR count). The van der Waals surface area contributed by atoms with E-state index in [1.807, 2.05) is 0 Å². The normalized spacial score (nSPS) is 15.6. The lowest BCUT2D eigenvalue weighted by Crippen LogP contribution is -2.58. The molecule has 1 aliphatic rings. The number of hydrogen-bond donors (Lipinski definition) is 14. The maximum atomic E-state index is 13.6. The highest BCUT2D eigenvalue weighted by molar-refractivity contribution is 8.76. The summed E-state index contributed by atoms with van der Waals surface area (Å²) in [4.78, 5) is 167. The number of rotatable bonds is 37. The van der Waals surface area contributed by atoms with Gasteiger partial charge in [-0.2, -0.15) is 0 Å². The van der Waals surface area contributed by atoms with Crippen molar-refractivity contribution in [1.29, 1.82) is 0 Å². The summed E-state index contributed by atoms with van der Waals surface area (Å²) in [6.07, 6.45) is -0.498. The summed E-state index contributed by atoms with van der Waals surface area (Å²) in [5.74, 6) is -11.6. The lowest BCUT2D eigenvalue weighted by molar-refractivity contribution is -0.141. The van der Waals surface area contributed by atoms with Crippen molar-refractivity contribution in [2.75, 3.05) is 51.3 Å². The first-order valence-corrected chi connectivity index (χ1v) is 27.6. The van der Waals surface area contributed by atoms with Gasteiger partial charge in [0.15, 0.2) is 0 Å². The van der Waals surface area contributed by atoms with E-state index >= 15 is 0 Å². The topological polar surface area (TPSA) is 432 Å². The Morgan fingerprint density at radius 3 is 1.91 bits per heavy atom. The number of amides is 10. The van der Waals surface area contributed by atoms with Crippen LogP contribution in [0.1, 0.15) is 78.2 Å². The lowest BCUT2D eigenvalue weighted by Gasteiger charge is -2.28. The number of aliphatic hydroxyl groups excluding tert-OH is 1. The molecule has 1 saturated heterocycles. The minimum absolute atomic E-state index is 0.0426.